The zero-order chi connectivity index (χ0) is 66.0. The van der Waals surface area contributed by atoms with Crippen LogP contribution in [0.2, 0.25) is 0 Å². The summed E-state index contributed by atoms with van der Waals surface area (Å²) in [5.74, 6) is 0. The summed E-state index contributed by atoms with van der Waals surface area (Å²) in [5.41, 5.74) is 16.8. The average Bonchev–Trinajstić information content (AvgIpc) is 1.51. The van der Waals surface area contributed by atoms with E-state index >= 15 is 0 Å². The predicted molar refractivity (Wildman–Crippen MR) is 430 cm³/mol. The van der Waals surface area contributed by atoms with E-state index in [0.717, 1.165) is 25.7 Å². The first-order chi connectivity index (χ1) is 47.5. The van der Waals surface area contributed by atoms with E-state index in [0.29, 0.717) is 0 Å². The van der Waals surface area contributed by atoms with Crippen molar-refractivity contribution in [3.8, 4) is 19.5 Å². The van der Waals surface area contributed by atoms with Crippen LogP contribution in [0.4, 0.5) is 0 Å². The van der Waals surface area contributed by atoms with E-state index in [4.69, 9.17) is 0 Å². The summed E-state index contributed by atoms with van der Waals surface area (Å²) in [5, 5.41) is 7.68. The predicted octanol–water partition coefficient (Wildman–Crippen LogP) is 30.8. The molecule has 2 aliphatic rings. The zero-order valence-electron chi connectivity index (χ0n) is 60.4. The second-order valence-electron chi connectivity index (χ2n) is 29.8. The van der Waals surface area contributed by atoms with Crippen LogP contribution in [-0.2, 0) is 36.5 Å². The molecule has 0 nitrogen and oxygen atoms in total. The molecule has 11 rings (SSSR count). The molecule has 2 aliphatic carbocycles. The smallest absolute Gasteiger partial charge is 0.0736 e. The summed E-state index contributed by atoms with van der Waals surface area (Å²) in [6, 6.07) is 50.9. The van der Waals surface area contributed by atoms with Gasteiger partial charge in [0.25, 0.3) is 0 Å². The monoisotopic (exact) mass is 1350 g/mol. The number of unbranched alkanes of at least 4 members (excludes halogenated alkanes) is 36. The van der Waals surface area contributed by atoms with Crippen molar-refractivity contribution in [3.05, 3.63) is 199 Å². The van der Waals surface area contributed by atoms with Gasteiger partial charge in [-0.1, -0.05) is 356 Å². The second kappa shape index (κ2) is 38.3. The van der Waals surface area contributed by atoms with Gasteiger partial charge >= 0.3 is 0 Å². The van der Waals surface area contributed by atoms with E-state index in [2.05, 4.69) is 182 Å². The van der Waals surface area contributed by atoms with E-state index in [1.807, 2.05) is 22.7 Å². The van der Waals surface area contributed by atoms with Crippen LogP contribution in [0.3, 0.4) is 0 Å². The van der Waals surface area contributed by atoms with Gasteiger partial charge in [-0.3, -0.25) is 0 Å². The van der Waals surface area contributed by atoms with E-state index in [9.17, 15) is 0 Å². The molecular weight excluding hydrogens is 1230 g/mol. The minimum Gasteiger partial charge on any atom is -0.143 e. The van der Waals surface area contributed by atoms with Gasteiger partial charge in [-0.2, -0.15) is 0 Å². The molecule has 0 aliphatic heterocycles. The fourth-order valence-corrected chi connectivity index (χ4v) is 21.9. The highest BCUT2D eigenvalue weighted by atomic mass is 32.1. The molecule has 0 spiro atoms. The van der Waals surface area contributed by atoms with Crippen LogP contribution in [0.5, 0.6) is 0 Å². The van der Waals surface area contributed by atoms with E-state index in [1.54, 1.807) is 0 Å². The lowest BCUT2D eigenvalue weighted by Crippen LogP contribution is -2.28. The molecule has 0 saturated heterocycles. The van der Waals surface area contributed by atoms with Crippen LogP contribution in [0.25, 0.3) is 39.7 Å². The Balaban J connectivity index is 0.915. The number of fused-ring (bicyclic) bond motifs is 10. The number of benzene rings is 5. The van der Waals surface area contributed by atoms with E-state index in [1.165, 1.54) is 363 Å². The van der Waals surface area contributed by atoms with Crippen LogP contribution in [0, 0.1) is 0 Å². The van der Waals surface area contributed by atoms with Crippen molar-refractivity contribution in [2.75, 3.05) is 0 Å². The van der Waals surface area contributed by atoms with Gasteiger partial charge in [-0.05, 0) is 164 Å². The maximum absolute atomic E-state index is 2.69. The van der Waals surface area contributed by atoms with Crippen molar-refractivity contribution in [2.45, 2.75) is 321 Å². The molecule has 0 radical (unpaired) electrons. The van der Waals surface area contributed by atoms with Gasteiger partial charge < -0.3 is 0 Å². The standard InChI is InChI=1S/C92H122S4/c1-5-9-13-17-21-25-29-33-37-41-45-71-49-57-75(58-50-71)91(76-59-51-72(52-60-76)46-42-38-34-30-26-22-18-14-10-6-2)81-65-67-93-87(81)89-85(91)79-69-84-80(70-83(79)95-89)86-90(96-84)88-82(66-68-94-88)92(86,77-61-53-73(54-62-77)47-43-39-35-31-27-23-19-15-11-7-3)78-63-55-74(56-64-78)48-44-40-36-32-28-24-20-16-12-8-4/h49-70H,5-48H2,1-4H3. The lowest BCUT2D eigenvalue weighted by Gasteiger charge is -2.34. The van der Waals surface area contributed by atoms with Crippen LogP contribution < -0.4 is 0 Å². The zero-order valence-corrected chi connectivity index (χ0v) is 63.7. The van der Waals surface area contributed by atoms with E-state index < -0.39 is 10.8 Å². The third-order valence-electron chi connectivity index (χ3n) is 22.6. The van der Waals surface area contributed by atoms with Crippen LogP contribution in [-0.4, -0.2) is 0 Å². The first-order valence-corrected chi connectivity index (χ1v) is 43.5. The molecule has 0 N–H and O–H groups in total. The van der Waals surface area contributed by atoms with Gasteiger partial charge in [-0.15, -0.1) is 45.3 Å². The maximum Gasteiger partial charge on any atom is 0.0736 e. The number of hydrogen-bond acceptors (Lipinski definition) is 4. The van der Waals surface area contributed by atoms with Crippen molar-refractivity contribution in [1.29, 1.82) is 0 Å². The maximum atomic E-state index is 2.69. The topological polar surface area (TPSA) is 0 Å². The normalized spacial score (nSPS) is 13.5. The SMILES string of the molecule is CCCCCCCCCCCCc1ccc(C2(c3ccc(CCCCCCCCCCCC)cc3)c3ccsc3-c3sc4cc5c6c(sc5cc4c32)-c2sccc2C6(c2ccc(CCCCCCCCCCCC)cc2)c2ccc(CCCCCCCCCCCC)cc2)cc1. The molecule has 0 fully saturated rings. The summed E-state index contributed by atoms with van der Waals surface area (Å²) in [6.07, 6.45) is 59.7. The minimum absolute atomic E-state index is 0.419. The highest BCUT2D eigenvalue weighted by Crippen LogP contribution is 2.66. The molecule has 0 amide bonds. The Morgan fingerprint density at radius 1 is 0.240 bits per heavy atom. The van der Waals surface area contributed by atoms with Gasteiger partial charge in [0.1, 0.15) is 0 Å². The lowest BCUT2D eigenvalue weighted by atomic mass is 9.67. The Kier molecular flexibility index (Phi) is 29.0. The minimum atomic E-state index is -0.419. The van der Waals surface area contributed by atoms with Gasteiger partial charge in [0, 0.05) is 19.2 Å². The Morgan fingerprint density at radius 3 is 0.688 bits per heavy atom. The Bertz CT molecular complexity index is 3290. The highest BCUT2D eigenvalue weighted by molar-refractivity contribution is 7.28. The number of rotatable bonds is 48. The summed E-state index contributed by atoms with van der Waals surface area (Å²) < 4.78 is 2.85. The van der Waals surface area contributed by atoms with Gasteiger partial charge in [0.05, 0.1) is 20.6 Å². The third kappa shape index (κ3) is 17.6. The summed E-state index contributed by atoms with van der Waals surface area (Å²) >= 11 is 8.09. The van der Waals surface area contributed by atoms with Crippen molar-refractivity contribution < 1.29 is 0 Å². The molecule has 5 aromatic carbocycles. The molecule has 96 heavy (non-hydrogen) atoms. The Morgan fingerprint density at radius 2 is 0.458 bits per heavy atom. The fraction of sp³-hybridized carbons (Fsp3) is 0.543. The van der Waals surface area contributed by atoms with E-state index in [-0.39, 0.29) is 0 Å². The summed E-state index contributed by atoms with van der Waals surface area (Å²) in [4.78, 5) is 5.90. The van der Waals surface area contributed by atoms with Crippen LogP contribution >= 0.6 is 45.3 Å². The number of thiophene rings is 4. The molecule has 4 heteroatoms. The second-order valence-corrected chi connectivity index (χ2v) is 33.7. The number of hydrogen-bond donors (Lipinski definition) is 0. The highest BCUT2D eigenvalue weighted by Gasteiger charge is 2.52. The molecule has 0 saturated carbocycles. The van der Waals surface area contributed by atoms with Crippen molar-refractivity contribution in [1.82, 2.24) is 0 Å². The van der Waals surface area contributed by atoms with Crippen LogP contribution in [0.1, 0.15) is 351 Å². The van der Waals surface area contributed by atoms with Gasteiger partial charge in [-0.25, -0.2) is 0 Å². The molecule has 514 valence electrons. The van der Waals surface area contributed by atoms with Crippen LogP contribution in [0.15, 0.2) is 132 Å². The number of aryl methyl sites for hydroxylation is 4. The molecule has 9 aromatic rings. The van der Waals surface area contributed by atoms with Gasteiger partial charge in [0.2, 0.25) is 0 Å². The lowest BCUT2D eigenvalue weighted by molar-refractivity contribution is 0.556. The van der Waals surface area contributed by atoms with Crippen molar-refractivity contribution in [2.24, 2.45) is 0 Å². The Labute approximate surface area is 600 Å². The molecule has 0 atom stereocenters. The molecule has 4 aromatic heterocycles. The average molecular weight is 1360 g/mol. The fourth-order valence-electron chi connectivity index (χ4n) is 17.1. The first-order valence-electron chi connectivity index (χ1n) is 40.1. The molecule has 0 bridgehead atoms. The third-order valence-corrected chi connectivity index (χ3v) is 27.1. The van der Waals surface area contributed by atoms with Gasteiger partial charge in [0.15, 0.2) is 0 Å². The molecule has 4 heterocycles. The summed E-state index contributed by atoms with van der Waals surface area (Å²) in [6.45, 7) is 9.29. The molecular formula is C92H122S4. The first kappa shape index (κ1) is 72.7. The largest absolute Gasteiger partial charge is 0.143 e. The quantitative estimate of drug-likeness (QED) is 0.0334. The van der Waals surface area contributed by atoms with Crippen molar-refractivity contribution >= 4 is 65.5 Å². The molecule has 0 unspecified atom stereocenters. The summed E-state index contributed by atoms with van der Waals surface area (Å²) in [7, 11) is 0. The van der Waals surface area contributed by atoms with Crippen molar-refractivity contribution in [3.63, 3.8) is 0 Å². The Hall–Kier alpha value is -4.58.